The van der Waals surface area contributed by atoms with Crippen LogP contribution in [0.5, 0.6) is 0 Å². The van der Waals surface area contributed by atoms with E-state index in [9.17, 15) is 8.42 Å². The number of aryl methyl sites for hydroxylation is 1. The van der Waals surface area contributed by atoms with E-state index in [-0.39, 0.29) is 5.92 Å². The van der Waals surface area contributed by atoms with Crippen molar-refractivity contribution < 1.29 is 8.42 Å². The van der Waals surface area contributed by atoms with Crippen LogP contribution in [0.25, 0.3) is 0 Å². The summed E-state index contributed by atoms with van der Waals surface area (Å²) in [6.45, 7) is 2.62. The number of aromatic nitrogens is 4. The highest BCUT2D eigenvalue weighted by molar-refractivity contribution is 7.90. The largest absolute Gasteiger partial charge is 0.298 e. The summed E-state index contributed by atoms with van der Waals surface area (Å²) in [5, 5.41) is 10.9. The maximum absolute atomic E-state index is 11.8. The number of rotatable bonds is 4. The normalized spacial score (nSPS) is 20.2. The molecule has 3 heterocycles. The summed E-state index contributed by atoms with van der Waals surface area (Å²) in [7, 11) is -1.32. The molecule has 0 aromatic carbocycles. The fourth-order valence-corrected chi connectivity index (χ4v) is 3.75. The quantitative estimate of drug-likeness (QED) is 0.891. The topological polar surface area (TPSA) is 83.9 Å². The number of sulfone groups is 1. The van der Waals surface area contributed by atoms with Gasteiger partial charge in [0.1, 0.15) is 4.90 Å². The lowest BCUT2D eigenvalue weighted by Crippen LogP contribution is -2.20. The van der Waals surface area contributed by atoms with Gasteiger partial charge in [-0.15, -0.1) is 0 Å². The summed E-state index contributed by atoms with van der Waals surface area (Å²) in [6.07, 6.45) is 7.44. The molecule has 0 radical (unpaired) electrons. The fourth-order valence-electron chi connectivity index (χ4n) is 2.90. The highest BCUT2D eigenvalue weighted by atomic mass is 32.2. The fraction of sp³-hybridized carbons (Fsp3) is 0.538. The SMILES string of the molecule is Cn1cc(CN2CC[C@@H](c3[nH]ncc3S(C)(=O)=O)C2)cn1. The third-order valence-electron chi connectivity index (χ3n) is 3.88. The summed E-state index contributed by atoms with van der Waals surface area (Å²) in [5.41, 5.74) is 1.91. The molecule has 114 valence electrons. The molecule has 0 amide bonds. The zero-order chi connectivity index (χ0) is 15.0. The van der Waals surface area contributed by atoms with Gasteiger partial charge in [0.05, 0.1) is 18.1 Å². The third kappa shape index (κ3) is 3.01. The van der Waals surface area contributed by atoms with Gasteiger partial charge < -0.3 is 0 Å². The first-order chi connectivity index (χ1) is 9.93. The van der Waals surface area contributed by atoms with Crippen LogP contribution >= 0.6 is 0 Å². The molecule has 0 unspecified atom stereocenters. The molecule has 1 aliphatic heterocycles. The molecule has 0 saturated carbocycles. The Morgan fingerprint density at radius 2 is 2.24 bits per heavy atom. The predicted octanol–water partition coefficient (Wildman–Crippen LogP) is 0.536. The molecule has 0 aliphatic carbocycles. The molecule has 0 spiro atoms. The maximum atomic E-state index is 11.8. The Kier molecular flexibility index (Phi) is 3.58. The lowest BCUT2D eigenvalue weighted by molar-refractivity contribution is 0.326. The first kappa shape index (κ1) is 14.3. The molecule has 3 rings (SSSR count). The van der Waals surface area contributed by atoms with Gasteiger partial charge in [-0.05, 0) is 13.0 Å². The summed E-state index contributed by atoms with van der Waals surface area (Å²) in [4.78, 5) is 2.64. The zero-order valence-corrected chi connectivity index (χ0v) is 13.0. The number of hydrogen-bond acceptors (Lipinski definition) is 5. The van der Waals surface area contributed by atoms with E-state index in [1.165, 1.54) is 18.0 Å². The molecule has 1 N–H and O–H groups in total. The Bertz CT molecular complexity index is 733. The second-order valence-corrected chi connectivity index (χ2v) is 7.65. The van der Waals surface area contributed by atoms with E-state index in [1.807, 2.05) is 19.4 Å². The molecule has 1 saturated heterocycles. The van der Waals surface area contributed by atoms with E-state index in [0.717, 1.165) is 31.7 Å². The first-order valence-electron chi connectivity index (χ1n) is 6.86. The van der Waals surface area contributed by atoms with E-state index >= 15 is 0 Å². The standard InChI is InChI=1S/C13H19N5O2S/c1-17-7-10(5-15-17)8-18-4-3-11(9-18)13-12(6-14-16-13)21(2,19)20/h5-7,11H,3-4,8-9H2,1-2H3,(H,14,16)/t11-/m1/s1. The monoisotopic (exact) mass is 309 g/mol. The average Bonchev–Trinajstić information content (AvgIpc) is 3.08. The van der Waals surface area contributed by atoms with Crippen molar-refractivity contribution in [1.82, 2.24) is 24.9 Å². The van der Waals surface area contributed by atoms with Gasteiger partial charge in [-0.3, -0.25) is 14.7 Å². The van der Waals surface area contributed by atoms with Gasteiger partial charge in [0.15, 0.2) is 9.84 Å². The van der Waals surface area contributed by atoms with Crippen molar-refractivity contribution in [3.63, 3.8) is 0 Å². The van der Waals surface area contributed by atoms with Gasteiger partial charge in [0.2, 0.25) is 0 Å². The number of nitrogens with zero attached hydrogens (tertiary/aromatic N) is 4. The van der Waals surface area contributed by atoms with Crippen molar-refractivity contribution >= 4 is 9.84 Å². The minimum atomic E-state index is -3.23. The van der Waals surface area contributed by atoms with Crippen LogP contribution in [0.2, 0.25) is 0 Å². The van der Waals surface area contributed by atoms with Gasteiger partial charge in [-0.25, -0.2) is 8.42 Å². The summed E-state index contributed by atoms with van der Waals surface area (Å²) < 4.78 is 25.3. The van der Waals surface area contributed by atoms with Crippen LogP contribution in [-0.2, 0) is 23.4 Å². The predicted molar refractivity (Wildman–Crippen MR) is 77.5 cm³/mol. The molecule has 8 heteroatoms. The second kappa shape index (κ2) is 5.27. The Morgan fingerprint density at radius 1 is 1.43 bits per heavy atom. The van der Waals surface area contributed by atoms with Crippen LogP contribution in [0.1, 0.15) is 23.6 Å². The van der Waals surface area contributed by atoms with Gasteiger partial charge in [-0.1, -0.05) is 0 Å². The minimum absolute atomic E-state index is 0.189. The van der Waals surface area contributed by atoms with Gasteiger partial charge in [0.25, 0.3) is 0 Å². The summed E-state index contributed by atoms with van der Waals surface area (Å²) >= 11 is 0. The second-order valence-electron chi connectivity index (χ2n) is 5.66. The van der Waals surface area contributed by atoms with Crippen LogP contribution < -0.4 is 0 Å². The van der Waals surface area contributed by atoms with Crippen molar-refractivity contribution in [3.8, 4) is 0 Å². The molecule has 1 aliphatic rings. The van der Waals surface area contributed by atoms with Crippen molar-refractivity contribution in [3.05, 3.63) is 29.8 Å². The number of hydrogen-bond donors (Lipinski definition) is 1. The lowest BCUT2D eigenvalue weighted by Gasteiger charge is -2.14. The van der Waals surface area contributed by atoms with E-state index in [1.54, 1.807) is 4.68 Å². The number of nitrogens with one attached hydrogen (secondary N) is 1. The zero-order valence-electron chi connectivity index (χ0n) is 12.2. The number of aromatic amines is 1. The Balaban J connectivity index is 1.71. The Morgan fingerprint density at radius 3 is 2.90 bits per heavy atom. The van der Waals surface area contributed by atoms with Crippen molar-refractivity contribution in [1.29, 1.82) is 0 Å². The van der Waals surface area contributed by atoms with E-state index in [2.05, 4.69) is 20.2 Å². The molecule has 0 bridgehead atoms. The molecular formula is C13H19N5O2S. The van der Waals surface area contributed by atoms with Crippen LogP contribution in [0.15, 0.2) is 23.5 Å². The molecule has 2 aromatic heterocycles. The molecule has 21 heavy (non-hydrogen) atoms. The van der Waals surface area contributed by atoms with Crippen molar-refractivity contribution in [2.75, 3.05) is 19.3 Å². The van der Waals surface area contributed by atoms with Crippen molar-refractivity contribution in [2.24, 2.45) is 7.05 Å². The van der Waals surface area contributed by atoms with Crippen LogP contribution in [0, 0.1) is 0 Å². The van der Waals surface area contributed by atoms with Gasteiger partial charge >= 0.3 is 0 Å². The molecule has 1 fully saturated rings. The average molecular weight is 309 g/mol. The molecule has 7 nitrogen and oxygen atoms in total. The maximum Gasteiger partial charge on any atom is 0.178 e. The van der Waals surface area contributed by atoms with Gasteiger partial charge in [0, 0.05) is 44.1 Å². The van der Waals surface area contributed by atoms with Gasteiger partial charge in [-0.2, -0.15) is 10.2 Å². The summed E-state index contributed by atoms with van der Waals surface area (Å²) in [5.74, 6) is 0.189. The number of likely N-dealkylation sites (tertiary alicyclic amines) is 1. The van der Waals surface area contributed by atoms with Crippen LogP contribution in [0.3, 0.4) is 0 Å². The van der Waals surface area contributed by atoms with Crippen LogP contribution in [0.4, 0.5) is 0 Å². The highest BCUT2D eigenvalue weighted by Crippen LogP contribution is 2.30. The molecular weight excluding hydrogens is 290 g/mol. The van der Waals surface area contributed by atoms with Crippen LogP contribution in [-0.4, -0.2) is 52.6 Å². The van der Waals surface area contributed by atoms with Crippen molar-refractivity contribution in [2.45, 2.75) is 23.8 Å². The minimum Gasteiger partial charge on any atom is -0.298 e. The van der Waals surface area contributed by atoms with E-state index < -0.39 is 9.84 Å². The smallest absolute Gasteiger partial charge is 0.178 e. The summed E-state index contributed by atoms with van der Waals surface area (Å²) in [6, 6.07) is 0. The highest BCUT2D eigenvalue weighted by Gasteiger charge is 2.29. The first-order valence-corrected chi connectivity index (χ1v) is 8.76. The van der Waals surface area contributed by atoms with E-state index in [0.29, 0.717) is 4.90 Å². The third-order valence-corrected chi connectivity index (χ3v) is 5.00. The number of H-pyrrole nitrogens is 1. The lowest BCUT2D eigenvalue weighted by atomic mass is 10.1. The van der Waals surface area contributed by atoms with E-state index in [4.69, 9.17) is 0 Å². The Hall–Kier alpha value is -1.67. The molecule has 1 atom stereocenters. The molecule has 2 aromatic rings. The Labute approximate surface area is 123 Å².